The molecule has 0 aromatic heterocycles. The van der Waals surface area contributed by atoms with Crippen LogP contribution in [0, 0.1) is 0 Å². The van der Waals surface area contributed by atoms with E-state index < -0.39 is 0 Å². The van der Waals surface area contributed by atoms with E-state index in [1.54, 1.807) is 6.92 Å². The zero-order valence-corrected chi connectivity index (χ0v) is 13.0. The number of nitrogens with zero attached hydrogens (tertiary/aromatic N) is 2. The summed E-state index contributed by atoms with van der Waals surface area (Å²) >= 11 is 0. The van der Waals surface area contributed by atoms with Crippen molar-refractivity contribution in [3.63, 3.8) is 0 Å². The molecule has 2 aliphatic heterocycles. The standard InChI is InChI=1S/C17H22N2O3/c1-13(20)18-10-8-14-6-2-3-7-15(14)16(18)12-17(21)19-9-4-5-11-22-19/h2-3,6-7,16H,4-5,8-12H2,1H3. The summed E-state index contributed by atoms with van der Waals surface area (Å²) in [4.78, 5) is 31.7. The second kappa shape index (κ2) is 6.48. The zero-order chi connectivity index (χ0) is 15.5. The molecule has 2 heterocycles. The number of benzene rings is 1. The highest BCUT2D eigenvalue weighted by Gasteiger charge is 2.32. The first-order chi connectivity index (χ1) is 10.7. The molecule has 1 fully saturated rings. The molecule has 1 aromatic rings. The zero-order valence-electron chi connectivity index (χ0n) is 13.0. The fourth-order valence-electron chi connectivity index (χ4n) is 3.31. The minimum absolute atomic E-state index is 0.0202. The summed E-state index contributed by atoms with van der Waals surface area (Å²) < 4.78 is 0. The van der Waals surface area contributed by atoms with Gasteiger partial charge in [-0.05, 0) is 30.4 Å². The molecule has 2 aliphatic rings. The topological polar surface area (TPSA) is 49.9 Å². The van der Waals surface area contributed by atoms with Crippen molar-refractivity contribution in [3.05, 3.63) is 35.4 Å². The number of fused-ring (bicyclic) bond motifs is 1. The molecule has 1 saturated heterocycles. The van der Waals surface area contributed by atoms with Gasteiger partial charge in [-0.15, -0.1) is 0 Å². The average Bonchev–Trinajstić information content (AvgIpc) is 2.55. The Morgan fingerprint density at radius 3 is 2.77 bits per heavy atom. The van der Waals surface area contributed by atoms with Crippen LogP contribution in [0.3, 0.4) is 0 Å². The summed E-state index contributed by atoms with van der Waals surface area (Å²) in [6.07, 6.45) is 3.11. The Labute approximate surface area is 130 Å². The lowest BCUT2D eigenvalue weighted by Gasteiger charge is -2.37. The average molecular weight is 302 g/mol. The van der Waals surface area contributed by atoms with E-state index in [-0.39, 0.29) is 24.3 Å². The molecular formula is C17H22N2O3. The normalized spacial score (nSPS) is 21.4. The summed E-state index contributed by atoms with van der Waals surface area (Å²) in [5.41, 5.74) is 2.33. The van der Waals surface area contributed by atoms with Gasteiger partial charge in [-0.3, -0.25) is 14.4 Å². The molecule has 22 heavy (non-hydrogen) atoms. The molecule has 0 radical (unpaired) electrons. The highest BCUT2D eigenvalue weighted by atomic mass is 16.7. The Morgan fingerprint density at radius 1 is 1.23 bits per heavy atom. The van der Waals surface area contributed by atoms with Crippen molar-refractivity contribution in [1.29, 1.82) is 0 Å². The van der Waals surface area contributed by atoms with Crippen molar-refractivity contribution in [3.8, 4) is 0 Å². The van der Waals surface area contributed by atoms with Gasteiger partial charge in [0.2, 0.25) is 11.8 Å². The van der Waals surface area contributed by atoms with Gasteiger partial charge >= 0.3 is 0 Å². The predicted octanol–water partition coefficient (Wildman–Crippen LogP) is 2.08. The van der Waals surface area contributed by atoms with Crippen LogP contribution in [0.5, 0.6) is 0 Å². The third-order valence-corrected chi connectivity index (χ3v) is 4.47. The van der Waals surface area contributed by atoms with E-state index in [9.17, 15) is 9.59 Å². The van der Waals surface area contributed by atoms with E-state index in [4.69, 9.17) is 4.84 Å². The molecule has 5 heteroatoms. The molecular weight excluding hydrogens is 280 g/mol. The molecule has 2 amide bonds. The van der Waals surface area contributed by atoms with E-state index in [0.29, 0.717) is 19.7 Å². The first-order valence-electron chi connectivity index (χ1n) is 7.95. The predicted molar refractivity (Wildman–Crippen MR) is 81.8 cm³/mol. The van der Waals surface area contributed by atoms with Gasteiger partial charge < -0.3 is 4.90 Å². The molecule has 0 N–H and O–H groups in total. The number of rotatable bonds is 2. The lowest BCUT2D eigenvalue weighted by molar-refractivity contribution is -0.198. The molecule has 0 saturated carbocycles. The van der Waals surface area contributed by atoms with Crippen molar-refractivity contribution >= 4 is 11.8 Å². The Kier molecular flexibility index (Phi) is 4.43. The first kappa shape index (κ1) is 15.0. The van der Waals surface area contributed by atoms with Gasteiger partial charge in [-0.1, -0.05) is 24.3 Å². The molecule has 3 rings (SSSR count). The van der Waals surface area contributed by atoms with Crippen molar-refractivity contribution in [2.24, 2.45) is 0 Å². The van der Waals surface area contributed by atoms with Crippen LogP contribution in [0.1, 0.15) is 43.4 Å². The molecule has 1 aromatic carbocycles. The third kappa shape index (κ3) is 2.99. The number of hydrogen-bond donors (Lipinski definition) is 0. The maximum Gasteiger partial charge on any atom is 0.248 e. The lowest BCUT2D eigenvalue weighted by atomic mass is 9.90. The smallest absolute Gasteiger partial charge is 0.248 e. The molecule has 0 bridgehead atoms. The Morgan fingerprint density at radius 2 is 2.05 bits per heavy atom. The van der Waals surface area contributed by atoms with Crippen molar-refractivity contribution in [2.75, 3.05) is 19.7 Å². The fraction of sp³-hybridized carbons (Fsp3) is 0.529. The van der Waals surface area contributed by atoms with Gasteiger partial charge in [0.1, 0.15) is 0 Å². The molecule has 5 nitrogen and oxygen atoms in total. The van der Waals surface area contributed by atoms with Gasteiger partial charge in [-0.2, -0.15) is 0 Å². The number of carbonyl (C=O) groups is 2. The summed E-state index contributed by atoms with van der Waals surface area (Å²) in [5.74, 6) is -0.0143. The number of carbonyl (C=O) groups excluding carboxylic acids is 2. The van der Waals surface area contributed by atoms with E-state index in [1.165, 1.54) is 10.6 Å². The Bertz CT molecular complexity index is 567. The molecule has 0 aliphatic carbocycles. The van der Waals surface area contributed by atoms with Gasteiger partial charge in [-0.25, -0.2) is 5.06 Å². The third-order valence-electron chi connectivity index (χ3n) is 4.47. The minimum Gasteiger partial charge on any atom is -0.335 e. The van der Waals surface area contributed by atoms with Gasteiger partial charge in [0.05, 0.1) is 19.1 Å². The molecule has 0 spiro atoms. The van der Waals surface area contributed by atoms with E-state index in [0.717, 1.165) is 24.8 Å². The van der Waals surface area contributed by atoms with Gasteiger partial charge in [0, 0.05) is 20.0 Å². The molecule has 1 unspecified atom stereocenters. The molecule has 118 valence electrons. The molecule has 1 atom stereocenters. The number of amides is 2. The van der Waals surface area contributed by atoms with Crippen LogP contribution in [-0.4, -0.2) is 41.5 Å². The first-order valence-corrected chi connectivity index (χ1v) is 7.95. The SMILES string of the molecule is CC(=O)N1CCc2ccccc2C1CC(=O)N1CCCCO1. The van der Waals surface area contributed by atoms with E-state index in [2.05, 4.69) is 6.07 Å². The van der Waals surface area contributed by atoms with Gasteiger partial charge in [0.15, 0.2) is 0 Å². The second-order valence-electron chi connectivity index (χ2n) is 5.92. The van der Waals surface area contributed by atoms with Crippen LogP contribution < -0.4 is 0 Å². The monoisotopic (exact) mass is 302 g/mol. The minimum atomic E-state index is -0.180. The second-order valence-corrected chi connectivity index (χ2v) is 5.92. The number of hydrogen-bond acceptors (Lipinski definition) is 3. The Balaban J connectivity index is 1.81. The summed E-state index contributed by atoms with van der Waals surface area (Å²) in [6.45, 7) is 3.49. The summed E-state index contributed by atoms with van der Waals surface area (Å²) in [6, 6.07) is 7.91. The maximum atomic E-state index is 12.5. The fourth-order valence-corrected chi connectivity index (χ4v) is 3.31. The van der Waals surface area contributed by atoms with E-state index in [1.807, 2.05) is 23.1 Å². The van der Waals surface area contributed by atoms with Crippen LogP contribution in [-0.2, 0) is 20.8 Å². The van der Waals surface area contributed by atoms with Crippen LogP contribution in [0.2, 0.25) is 0 Å². The van der Waals surface area contributed by atoms with Crippen molar-refractivity contribution in [2.45, 2.75) is 38.6 Å². The van der Waals surface area contributed by atoms with Crippen LogP contribution >= 0.6 is 0 Å². The van der Waals surface area contributed by atoms with Crippen LogP contribution in [0.25, 0.3) is 0 Å². The van der Waals surface area contributed by atoms with Gasteiger partial charge in [0.25, 0.3) is 0 Å². The quantitative estimate of drug-likeness (QED) is 0.840. The highest BCUT2D eigenvalue weighted by molar-refractivity contribution is 5.79. The largest absolute Gasteiger partial charge is 0.335 e. The van der Waals surface area contributed by atoms with E-state index >= 15 is 0 Å². The lowest BCUT2D eigenvalue weighted by Crippen LogP contribution is -2.43. The van der Waals surface area contributed by atoms with Crippen molar-refractivity contribution in [1.82, 2.24) is 9.96 Å². The van der Waals surface area contributed by atoms with Crippen LogP contribution in [0.15, 0.2) is 24.3 Å². The number of hydroxylamine groups is 2. The summed E-state index contributed by atoms with van der Waals surface area (Å²) in [5, 5.41) is 1.47. The highest BCUT2D eigenvalue weighted by Crippen LogP contribution is 2.33. The van der Waals surface area contributed by atoms with Crippen molar-refractivity contribution < 1.29 is 14.4 Å². The maximum absolute atomic E-state index is 12.5. The van der Waals surface area contributed by atoms with Crippen LogP contribution in [0.4, 0.5) is 0 Å². The Hall–Kier alpha value is -1.88. The summed E-state index contributed by atoms with van der Waals surface area (Å²) in [7, 11) is 0.